The molecular weight excluding hydrogens is 1340 g/mol. The summed E-state index contributed by atoms with van der Waals surface area (Å²) in [7, 11) is 0. The zero-order valence-corrected chi connectivity index (χ0v) is 60.7. The fourth-order valence-electron chi connectivity index (χ4n) is 16.6. The van der Waals surface area contributed by atoms with Crippen LogP contribution in [0.4, 0.5) is 68.2 Å². The molecule has 0 saturated carbocycles. The summed E-state index contributed by atoms with van der Waals surface area (Å²) in [5.74, 6) is 2.68. The first-order valence-electron chi connectivity index (χ1n) is 36.7. The van der Waals surface area contributed by atoms with E-state index in [4.69, 9.17) is 24.7 Å². The first-order chi connectivity index (χ1) is 53.0. The first-order valence-corrected chi connectivity index (χ1v) is 37.6. The van der Waals surface area contributed by atoms with E-state index in [1.54, 1.807) is 0 Å². The quantitative estimate of drug-likeness (QED) is 0.125. The van der Waals surface area contributed by atoms with Gasteiger partial charge in [0.1, 0.15) is 0 Å². The van der Waals surface area contributed by atoms with Crippen molar-refractivity contribution in [2.75, 3.05) is 19.6 Å². The van der Waals surface area contributed by atoms with Crippen LogP contribution in [0, 0.1) is 0 Å². The number of hydrogen-bond donors (Lipinski definition) is 0. The van der Waals surface area contributed by atoms with Crippen LogP contribution in [0.1, 0.15) is 49.9 Å². The molecule has 0 fully saturated rings. The van der Waals surface area contributed by atoms with E-state index in [-0.39, 0.29) is 10.8 Å². The van der Waals surface area contributed by atoms with E-state index in [2.05, 4.69) is 363 Å². The van der Waals surface area contributed by atoms with E-state index < -0.39 is 0 Å². The minimum absolute atomic E-state index is 0.260. The van der Waals surface area contributed by atoms with Crippen molar-refractivity contribution < 1.29 is 4.74 Å². The van der Waals surface area contributed by atoms with Crippen LogP contribution in [0.2, 0.25) is 0 Å². The zero-order chi connectivity index (χ0) is 72.2. The molecule has 10 heteroatoms. The molecule has 0 N–H and O–H groups in total. The molecule has 9 nitrogen and oxygen atoms in total. The van der Waals surface area contributed by atoms with Gasteiger partial charge in [-0.1, -0.05) is 270 Å². The third-order valence-electron chi connectivity index (χ3n) is 21.8. The number of rotatable bonds is 11. The van der Waals surface area contributed by atoms with E-state index in [1.165, 1.54) is 32.0 Å². The second-order valence-corrected chi connectivity index (χ2v) is 30.1. The number of hydrogen-bond acceptors (Lipinski definition) is 10. The number of nitrogens with zero attached hydrogens (tertiary/aromatic N) is 8. The highest BCUT2D eigenvalue weighted by Crippen LogP contribution is 2.59. The summed E-state index contributed by atoms with van der Waals surface area (Å²) in [5, 5.41) is 0. The van der Waals surface area contributed by atoms with Gasteiger partial charge in [0, 0.05) is 76.8 Å². The van der Waals surface area contributed by atoms with Crippen molar-refractivity contribution in [3.63, 3.8) is 0 Å². The topological polar surface area (TPSA) is 73.8 Å². The molecule has 4 aliphatic rings. The first kappa shape index (κ1) is 64.2. The van der Waals surface area contributed by atoms with Gasteiger partial charge in [0.25, 0.3) is 0 Å². The van der Waals surface area contributed by atoms with Crippen molar-refractivity contribution in [3.05, 3.63) is 374 Å². The maximum absolute atomic E-state index is 7.21. The molecule has 108 heavy (non-hydrogen) atoms. The number of ether oxygens (including phenoxy) is 1. The fraction of sp³-hybridized carbons (Fsp3) is 0.0612. The lowest BCUT2D eigenvalue weighted by Crippen LogP contribution is -2.30. The summed E-state index contributed by atoms with van der Waals surface area (Å²) in [6.45, 7) is 9.35. The Balaban J connectivity index is 0.764. The largest absolute Gasteiger partial charge is 0.453 e. The van der Waals surface area contributed by atoms with Gasteiger partial charge in [-0.15, -0.1) is 0 Å². The molecule has 0 saturated heterocycles. The van der Waals surface area contributed by atoms with Crippen molar-refractivity contribution >= 4 is 80.0 Å². The average Bonchev–Trinajstić information content (AvgIpc) is 0.727. The molecule has 0 bridgehead atoms. The van der Waals surface area contributed by atoms with Gasteiger partial charge in [0.2, 0.25) is 0 Å². The highest BCUT2D eigenvalue weighted by atomic mass is 32.2. The fourth-order valence-corrected chi connectivity index (χ4v) is 17.6. The molecule has 2 aromatic heterocycles. The summed E-state index contributed by atoms with van der Waals surface area (Å²) < 4.78 is 7.21. The predicted octanol–water partition coefficient (Wildman–Crippen LogP) is 26.7. The van der Waals surface area contributed by atoms with E-state index in [0.717, 1.165) is 141 Å². The van der Waals surface area contributed by atoms with Crippen LogP contribution in [-0.2, 0) is 10.8 Å². The average molecular weight is 1410 g/mol. The predicted molar refractivity (Wildman–Crippen MR) is 443 cm³/mol. The SMILES string of the molecule is CC1(C)c2ccccc2N(c2cc(-c3cc(-c4ccccc4)nc(-c4ccccc4)n3)cc(N3c4ccccc4Oc4cc(-c5ccccc5-c5cc(-c6cc(N7c8ccccc8Sc8ccccc87)cc(N7c8ccccc8C(C)(C)c8ccccc87)c6)nc(-c6ccccc6)n5)ccc43)c2)c2ccccc21. The van der Waals surface area contributed by atoms with Gasteiger partial charge in [-0.3, -0.25) is 0 Å². The Bertz CT molecular complexity index is 6060. The third kappa shape index (κ3) is 10.8. The van der Waals surface area contributed by atoms with Gasteiger partial charge < -0.3 is 24.3 Å². The minimum Gasteiger partial charge on any atom is -0.453 e. The number of para-hydroxylation sites is 8. The lowest BCUT2D eigenvalue weighted by atomic mass is 9.73. The number of anilines is 12. The number of fused-ring (bicyclic) bond motifs is 8. The molecule has 20 rings (SSSR count). The summed E-state index contributed by atoms with van der Waals surface area (Å²) in [6.07, 6.45) is 0. The van der Waals surface area contributed by atoms with Gasteiger partial charge in [-0.05, 0) is 155 Å². The lowest BCUT2D eigenvalue weighted by Gasteiger charge is -2.42. The summed E-state index contributed by atoms with van der Waals surface area (Å²) in [5.41, 5.74) is 27.6. The molecular formula is C98H70N8OS. The van der Waals surface area contributed by atoms with Crippen LogP contribution in [0.15, 0.2) is 362 Å². The van der Waals surface area contributed by atoms with Crippen LogP contribution in [0.5, 0.6) is 11.5 Å². The third-order valence-corrected chi connectivity index (χ3v) is 22.9. The van der Waals surface area contributed by atoms with Crippen LogP contribution < -0.4 is 24.3 Å². The normalized spacial score (nSPS) is 13.9. The highest BCUT2D eigenvalue weighted by molar-refractivity contribution is 7.99. The van der Waals surface area contributed by atoms with Crippen molar-refractivity contribution in [1.29, 1.82) is 0 Å². The second-order valence-electron chi connectivity index (χ2n) is 29.0. The van der Waals surface area contributed by atoms with Crippen molar-refractivity contribution in [3.8, 4) is 90.4 Å². The zero-order valence-electron chi connectivity index (χ0n) is 59.9. The molecule has 4 aliphatic heterocycles. The Morgan fingerprint density at radius 3 is 1.05 bits per heavy atom. The molecule has 514 valence electrons. The second kappa shape index (κ2) is 25.7. The van der Waals surface area contributed by atoms with Crippen LogP contribution in [0.3, 0.4) is 0 Å². The van der Waals surface area contributed by atoms with Crippen LogP contribution in [-0.4, -0.2) is 19.9 Å². The van der Waals surface area contributed by atoms with Crippen molar-refractivity contribution in [2.45, 2.75) is 48.3 Å². The van der Waals surface area contributed by atoms with Crippen molar-refractivity contribution in [1.82, 2.24) is 19.9 Å². The van der Waals surface area contributed by atoms with Gasteiger partial charge in [0.05, 0.1) is 68.3 Å². The maximum Gasteiger partial charge on any atom is 0.160 e. The standard InChI is InChI=1S/C98H70N8OS/c1-97(2)75-38-16-20-42-83(75)103(84-43-21-17-39-76(84)97)69-54-67(80-61-79(63-30-8-5-9-31-63)99-95(100-80)64-32-10-6-11-33-64)56-71(59-69)105-87-46-24-27-49-91(87)107-92-58-66(52-53-88(92)105)73-36-14-15-37-74(73)82-62-81(101-96(102-82)65-34-12-7-13-35-65)68-55-70(104-85-44-22-18-40-77(85)98(3,4)78-41-19-23-45-86(78)104)60-72(57-68)106-89-47-25-28-50-93(89)108-94-51-29-26-48-90(94)106/h5-62H,1-4H3. The Morgan fingerprint density at radius 1 is 0.241 bits per heavy atom. The monoisotopic (exact) mass is 1410 g/mol. The van der Waals surface area contributed by atoms with E-state index >= 15 is 0 Å². The lowest BCUT2D eigenvalue weighted by molar-refractivity contribution is 0.477. The Hall–Kier alpha value is -13.4. The van der Waals surface area contributed by atoms with Crippen LogP contribution >= 0.6 is 11.8 Å². The minimum atomic E-state index is -0.276. The molecule has 0 unspecified atom stereocenters. The van der Waals surface area contributed by atoms with Crippen molar-refractivity contribution in [2.24, 2.45) is 0 Å². The van der Waals surface area contributed by atoms with Gasteiger partial charge in [-0.2, -0.15) is 0 Å². The Labute approximate surface area is 633 Å². The highest BCUT2D eigenvalue weighted by Gasteiger charge is 2.40. The molecule has 0 aliphatic carbocycles. The molecule has 0 radical (unpaired) electrons. The Morgan fingerprint density at radius 2 is 0.574 bits per heavy atom. The van der Waals surface area contributed by atoms with E-state index in [9.17, 15) is 0 Å². The van der Waals surface area contributed by atoms with Gasteiger partial charge >= 0.3 is 0 Å². The summed E-state index contributed by atoms with van der Waals surface area (Å²) >= 11 is 1.81. The molecule has 0 spiro atoms. The summed E-state index contributed by atoms with van der Waals surface area (Å²) in [4.78, 5) is 34.0. The van der Waals surface area contributed by atoms with E-state index in [1.807, 2.05) is 48.2 Å². The van der Waals surface area contributed by atoms with Crippen LogP contribution in [0.25, 0.3) is 78.9 Å². The smallest absolute Gasteiger partial charge is 0.160 e. The van der Waals surface area contributed by atoms with Gasteiger partial charge in [0.15, 0.2) is 23.1 Å². The summed E-state index contributed by atoms with van der Waals surface area (Å²) in [6, 6.07) is 126. The molecule has 0 atom stereocenters. The van der Waals surface area contributed by atoms with Gasteiger partial charge in [-0.25, -0.2) is 19.9 Å². The maximum atomic E-state index is 7.21. The Kier molecular flexibility index (Phi) is 15.3. The molecule has 6 heterocycles. The van der Waals surface area contributed by atoms with E-state index in [0.29, 0.717) is 17.4 Å². The number of benzene rings is 14. The molecule has 0 amide bonds. The number of aromatic nitrogens is 4. The molecule has 16 aromatic rings. The molecule has 14 aromatic carbocycles.